The molecule has 1 aliphatic rings. The summed E-state index contributed by atoms with van der Waals surface area (Å²) in [6.07, 6.45) is 3.55. The van der Waals surface area contributed by atoms with E-state index in [2.05, 4.69) is 21.7 Å². The Morgan fingerprint density at radius 2 is 1.82 bits per heavy atom. The van der Waals surface area contributed by atoms with Gasteiger partial charge in [0.2, 0.25) is 15.9 Å². The average Bonchev–Trinajstić information content (AvgIpc) is 3.33. The number of ether oxygens (including phenoxy) is 1. The smallest absolute Gasteiger partial charge is 0.242 e. The molecule has 5 rings (SSSR count). The Morgan fingerprint density at radius 3 is 2.49 bits per heavy atom. The highest BCUT2D eigenvalue weighted by molar-refractivity contribution is 7.89. The molecule has 0 amide bonds. The molecule has 0 aliphatic carbocycles. The maximum Gasteiger partial charge on any atom is 0.242 e. The molecule has 4 aromatic rings. The van der Waals surface area contributed by atoms with Crippen molar-refractivity contribution < 1.29 is 13.2 Å². The van der Waals surface area contributed by atoms with E-state index in [0.29, 0.717) is 35.8 Å². The van der Waals surface area contributed by atoms with Gasteiger partial charge in [-0.3, -0.25) is 4.68 Å². The maximum absolute atomic E-state index is 12.5. The van der Waals surface area contributed by atoms with Crippen molar-refractivity contribution in [2.45, 2.75) is 36.3 Å². The SMILES string of the molecule is CN(C)S(=O)(=O)c1ccc(Nc2nn(C3(CC#N)CCNCC3)c3ccnc(OCc4ccccc4)c23)cc1. The molecule has 39 heavy (non-hydrogen) atoms. The van der Waals surface area contributed by atoms with Gasteiger partial charge in [-0.25, -0.2) is 17.7 Å². The van der Waals surface area contributed by atoms with E-state index in [0.717, 1.165) is 37.0 Å². The number of nitrogens with zero attached hydrogens (tertiary/aromatic N) is 5. The summed E-state index contributed by atoms with van der Waals surface area (Å²) in [5.74, 6) is 0.957. The van der Waals surface area contributed by atoms with Gasteiger partial charge in [-0.1, -0.05) is 30.3 Å². The number of rotatable bonds is 9. The number of fused-ring (bicyclic) bond motifs is 1. The number of aromatic nitrogens is 3. The van der Waals surface area contributed by atoms with Crippen molar-refractivity contribution in [2.24, 2.45) is 0 Å². The number of anilines is 2. The van der Waals surface area contributed by atoms with Crippen LogP contribution in [0.5, 0.6) is 5.88 Å². The summed E-state index contributed by atoms with van der Waals surface area (Å²) in [4.78, 5) is 4.74. The number of hydrogen-bond acceptors (Lipinski definition) is 8. The second-order valence-electron chi connectivity index (χ2n) is 9.79. The highest BCUT2D eigenvalue weighted by atomic mass is 32.2. The zero-order chi connectivity index (χ0) is 27.5. The molecule has 0 spiro atoms. The first-order valence-corrected chi connectivity index (χ1v) is 14.2. The fourth-order valence-corrected chi connectivity index (χ4v) is 5.78. The topological polar surface area (TPSA) is 125 Å². The van der Waals surface area contributed by atoms with Crippen LogP contribution >= 0.6 is 0 Å². The summed E-state index contributed by atoms with van der Waals surface area (Å²) >= 11 is 0. The first-order valence-electron chi connectivity index (χ1n) is 12.8. The van der Waals surface area contributed by atoms with Crippen molar-refractivity contribution in [3.63, 3.8) is 0 Å². The van der Waals surface area contributed by atoms with E-state index in [1.54, 1.807) is 30.5 Å². The van der Waals surface area contributed by atoms with E-state index >= 15 is 0 Å². The quantitative estimate of drug-likeness (QED) is 0.323. The zero-order valence-electron chi connectivity index (χ0n) is 22.0. The third kappa shape index (κ3) is 5.31. The van der Waals surface area contributed by atoms with Gasteiger partial charge in [-0.05, 0) is 61.8 Å². The Kier molecular flexibility index (Phi) is 7.52. The van der Waals surface area contributed by atoms with Gasteiger partial charge in [0, 0.05) is 26.0 Å². The fraction of sp³-hybridized carbons (Fsp3) is 0.321. The summed E-state index contributed by atoms with van der Waals surface area (Å²) in [6, 6.07) is 20.7. The molecule has 2 aromatic carbocycles. The molecule has 202 valence electrons. The average molecular weight is 546 g/mol. The van der Waals surface area contributed by atoms with E-state index in [1.165, 1.54) is 18.4 Å². The molecule has 2 aromatic heterocycles. The van der Waals surface area contributed by atoms with Crippen LogP contribution in [0.2, 0.25) is 0 Å². The van der Waals surface area contributed by atoms with Gasteiger partial charge in [0.15, 0.2) is 5.82 Å². The normalized spacial score (nSPS) is 15.2. The molecule has 0 saturated carbocycles. The summed E-state index contributed by atoms with van der Waals surface area (Å²) in [7, 11) is -0.543. The molecule has 1 aliphatic heterocycles. The summed E-state index contributed by atoms with van der Waals surface area (Å²) in [6.45, 7) is 1.91. The largest absolute Gasteiger partial charge is 0.472 e. The molecule has 0 bridgehead atoms. The Balaban J connectivity index is 1.58. The van der Waals surface area contributed by atoms with Crippen LogP contribution < -0.4 is 15.4 Å². The van der Waals surface area contributed by atoms with Crippen molar-refractivity contribution in [1.82, 2.24) is 24.4 Å². The monoisotopic (exact) mass is 545 g/mol. The van der Waals surface area contributed by atoms with Crippen LogP contribution in [0.25, 0.3) is 10.9 Å². The van der Waals surface area contributed by atoms with Crippen molar-refractivity contribution >= 4 is 32.4 Å². The Bertz CT molecular complexity index is 1590. The molecule has 10 nitrogen and oxygen atoms in total. The number of nitriles is 1. The van der Waals surface area contributed by atoms with Crippen molar-refractivity contribution in [1.29, 1.82) is 5.26 Å². The summed E-state index contributed by atoms with van der Waals surface area (Å²) in [5.41, 5.74) is 2.02. The molecular weight excluding hydrogens is 514 g/mol. The molecule has 2 N–H and O–H groups in total. The van der Waals surface area contributed by atoms with Crippen LogP contribution in [0.15, 0.2) is 71.8 Å². The minimum atomic E-state index is -3.55. The lowest BCUT2D eigenvalue weighted by atomic mass is 9.85. The van der Waals surface area contributed by atoms with Gasteiger partial charge >= 0.3 is 0 Å². The van der Waals surface area contributed by atoms with Gasteiger partial charge in [-0.15, -0.1) is 0 Å². The standard InChI is InChI=1S/C28H31N7O3S/c1-34(2)39(36,37)23-10-8-22(9-11-23)32-26-25-24(35(33-26)28(13-16-29)14-18-30-19-15-28)12-17-31-27(25)38-20-21-6-4-3-5-7-21/h3-12,17,30H,13-15,18-20H2,1-2H3,(H,32,33). The molecule has 3 heterocycles. The van der Waals surface area contributed by atoms with Crippen LogP contribution in [-0.2, 0) is 22.2 Å². The molecule has 0 unspecified atom stereocenters. The second-order valence-corrected chi connectivity index (χ2v) is 11.9. The highest BCUT2D eigenvalue weighted by Crippen LogP contribution is 2.39. The maximum atomic E-state index is 12.5. The molecule has 1 saturated heterocycles. The Hall–Kier alpha value is -3.98. The molecule has 11 heteroatoms. The van der Waals surface area contributed by atoms with E-state index in [1.807, 2.05) is 41.1 Å². The highest BCUT2D eigenvalue weighted by Gasteiger charge is 2.37. The van der Waals surface area contributed by atoms with Crippen molar-refractivity contribution in [3.8, 4) is 11.9 Å². The van der Waals surface area contributed by atoms with E-state index in [9.17, 15) is 13.7 Å². The predicted octanol–water partition coefficient (Wildman–Crippen LogP) is 4.00. The first kappa shape index (κ1) is 26.6. The number of pyridine rings is 1. The molecular formula is C28H31N7O3S. The second kappa shape index (κ2) is 11.0. The predicted molar refractivity (Wildman–Crippen MR) is 149 cm³/mol. The number of benzene rings is 2. The minimum absolute atomic E-state index is 0.199. The Morgan fingerprint density at radius 1 is 1.10 bits per heavy atom. The third-order valence-corrected chi connectivity index (χ3v) is 8.89. The number of sulfonamides is 1. The van der Waals surface area contributed by atoms with Gasteiger partial charge < -0.3 is 15.4 Å². The van der Waals surface area contributed by atoms with E-state index < -0.39 is 15.6 Å². The lowest BCUT2D eigenvalue weighted by molar-refractivity contribution is 0.197. The number of piperidine rings is 1. The molecule has 0 atom stereocenters. The first-order chi connectivity index (χ1) is 18.8. The van der Waals surface area contributed by atoms with Gasteiger partial charge in [0.25, 0.3) is 0 Å². The summed E-state index contributed by atoms with van der Waals surface area (Å²) in [5, 5.41) is 22.2. The Labute approximate surface area is 228 Å². The van der Waals surface area contributed by atoms with Crippen molar-refractivity contribution in [2.75, 3.05) is 32.5 Å². The number of hydrogen-bond donors (Lipinski definition) is 2. The lowest BCUT2D eigenvalue weighted by Gasteiger charge is -2.36. The molecule has 1 fully saturated rings. The fourth-order valence-electron chi connectivity index (χ4n) is 4.88. The van der Waals surface area contributed by atoms with E-state index in [-0.39, 0.29) is 4.90 Å². The molecule has 0 radical (unpaired) electrons. The van der Waals surface area contributed by atoms with Gasteiger partial charge in [0.1, 0.15) is 12.0 Å². The van der Waals surface area contributed by atoms with Crippen LogP contribution in [-0.4, -0.2) is 54.7 Å². The van der Waals surface area contributed by atoms with Crippen LogP contribution in [0.4, 0.5) is 11.5 Å². The van der Waals surface area contributed by atoms with Gasteiger partial charge in [0.05, 0.1) is 28.4 Å². The lowest BCUT2D eigenvalue weighted by Crippen LogP contribution is -2.44. The van der Waals surface area contributed by atoms with E-state index in [4.69, 9.17) is 9.84 Å². The third-order valence-electron chi connectivity index (χ3n) is 7.06. The van der Waals surface area contributed by atoms with Crippen LogP contribution in [0.1, 0.15) is 24.8 Å². The van der Waals surface area contributed by atoms with Gasteiger partial charge in [-0.2, -0.15) is 10.4 Å². The minimum Gasteiger partial charge on any atom is -0.472 e. The zero-order valence-corrected chi connectivity index (χ0v) is 22.8. The summed E-state index contributed by atoms with van der Waals surface area (Å²) < 4.78 is 34.4. The van der Waals surface area contributed by atoms with Crippen LogP contribution in [0, 0.1) is 11.3 Å². The van der Waals surface area contributed by atoms with Crippen molar-refractivity contribution in [3.05, 3.63) is 72.4 Å². The van der Waals surface area contributed by atoms with Crippen LogP contribution in [0.3, 0.4) is 0 Å². The number of nitrogens with one attached hydrogen (secondary N) is 2.